The van der Waals surface area contributed by atoms with Crippen LogP contribution >= 0.6 is 0 Å². The lowest BCUT2D eigenvalue weighted by molar-refractivity contribution is 0.0664. The van der Waals surface area contributed by atoms with Gasteiger partial charge in [0.25, 0.3) is 5.91 Å². The summed E-state index contributed by atoms with van der Waals surface area (Å²) in [5, 5.41) is 9.74. The van der Waals surface area contributed by atoms with Crippen LogP contribution in [0.5, 0.6) is 0 Å². The minimum Gasteiger partial charge on any atom is -0.336 e. The minimum absolute atomic E-state index is 0.0824. The van der Waals surface area contributed by atoms with E-state index in [-0.39, 0.29) is 5.91 Å². The number of hydrogen-bond acceptors (Lipinski definition) is 6. The van der Waals surface area contributed by atoms with Gasteiger partial charge in [-0.05, 0) is 42.9 Å². The van der Waals surface area contributed by atoms with Gasteiger partial charge in [-0.3, -0.25) is 9.78 Å². The second-order valence-corrected chi connectivity index (χ2v) is 8.95. The Morgan fingerprint density at radius 2 is 1.71 bits per heavy atom. The van der Waals surface area contributed by atoms with E-state index >= 15 is 0 Å². The van der Waals surface area contributed by atoms with E-state index in [1.54, 1.807) is 6.20 Å². The van der Waals surface area contributed by atoms with Crippen molar-refractivity contribution < 1.29 is 4.79 Å². The fourth-order valence-electron chi connectivity index (χ4n) is 4.55. The van der Waals surface area contributed by atoms with E-state index in [1.807, 2.05) is 58.1 Å². The molecule has 3 aromatic heterocycles. The van der Waals surface area contributed by atoms with Gasteiger partial charge < -0.3 is 9.80 Å². The summed E-state index contributed by atoms with van der Waals surface area (Å²) in [6.45, 7) is 3.87. The van der Waals surface area contributed by atoms with E-state index in [0.29, 0.717) is 17.8 Å². The number of nitrogens with zero attached hydrogens (tertiary/aromatic N) is 7. The lowest BCUT2D eigenvalue weighted by Gasteiger charge is -2.32. The molecule has 5 aromatic rings. The molecule has 0 radical (unpaired) electrons. The van der Waals surface area contributed by atoms with Crippen molar-refractivity contribution in [3.63, 3.8) is 0 Å². The summed E-state index contributed by atoms with van der Waals surface area (Å²) in [5.74, 6) is 0.0824. The van der Waals surface area contributed by atoms with Crippen molar-refractivity contribution in [2.45, 2.75) is 6.54 Å². The minimum atomic E-state index is 0.0824. The Morgan fingerprint density at radius 3 is 2.54 bits per heavy atom. The average Bonchev–Trinajstić information content (AvgIpc) is 3.31. The molecule has 8 nitrogen and oxygen atoms in total. The lowest BCUT2D eigenvalue weighted by Crippen LogP contribution is -2.47. The fourth-order valence-corrected chi connectivity index (χ4v) is 4.55. The first kappa shape index (κ1) is 21.4. The SMILES string of the molecule is CN1CCN(C(=O)c2ccc(-c3ccc4nnn(Cc5cccc6cccnc56)c4n3)cc2)CC1. The number of carbonyl (C=O) groups excluding carboxylic acids is 1. The number of piperazine rings is 1. The van der Waals surface area contributed by atoms with Gasteiger partial charge in [-0.2, -0.15) is 0 Å². The molecule has 8 heteroatoms. The summed E-state index contributed by atoms with van der Waals surface area (Å²) in [7, 11) is 2.08. The summed E-state index contributed by atoms with van der Waals surface area (Å²) in [5.41, 5.74) is 5.94. The monoisotopic (exact) mass is 463 g/mol. The molecule has 1 saturated heterocycles. The van der Waals surface area contributed by atoms with Crippen LogP contribution in [0.25, 0.3) is 33.3 Å². The standard InChI is InChI=1S/C27H25N7O/c1-32-14-16-33(17-15-32)27(35)21-9-7-19(8-10-21)23-11-12-24-26(29-23)34(31-30-24)18-22-5-2-4-20-6-3-13-28-25(20)22/h2-13H,14-18H2,1H3. The number of amides is 1. The summed E-state index contributed by atoms with van der Waals surface area (Å²) in [6.07, 6.45) is 1.81. The van der Waals surface area contributed by atoms with Gasteiger partial charge in [-0.25, -0.2) is 9.67 Å². The number of likely N-dealkylation sites (N-methyl/N-ethyl adjacent to an activating group) is 1. The van der Waals surface area contributed by atoms with Crippen molar-refractivity contribution in [3.05, 3.63) is 84.1 Å². The number of aromatic nitrogens is 5. The van der Waals surface area contributed by atoms with Gasteiger partial charge in [0.15, 0.2) is 5.65 Å². The fraction of sp³-hybridized carbons (Fsp3) is 0.222. The second kappa shape index (κ2) is 8.88. The van der Waals surface area contributed by atoms with Crippen LogP contribution in [0, 0.1) is 0 Å². The third-order valence-electron chi connectivity index (χ3n) is 6.61. The van der Waals surface area contributed by atoms with E-state index in [1.165, 1.54) is 0 Å². The maximum atomic E-state index is 12.9. The van der Waals surface area contributed by atoms with Crippen molar-refractivity contribution in [2.24, 2.45) is 0 Å². The Hall–Kier alpha value is -4.17. The molecule has 2 aromatic carbocycles. The normalized spacial score (nSPS) is 14.6. The van der Waals surface area contributed by atoms with E-state index in [2.05, 4.69) is 45.4 Å². The van der Waals surface area contributed by atoms with Crippen molar-refractivity contribution >= 4 is 28.0 Å². The molecule has 0 bridgehead atoms. The van der Waals surface area contributed by atoms with Crippen LogP contribution in [0.2, 0.25) is 0 Å². The highest BCUT2D eigenvalue weighted by Crippen LogP contribution is 2.23. The third kappa shape index (κ3) is 4.13. The van der Waals surface area contributed by atoms with Crippen LogP contribution in [-0.4, -0.2) is 73.9 Å². The zero-order valence-corrected chi connectivity index (χ0v) is 19.5. The van der Waals surface area contributed by atoms with Gasteiger partial charge in [0.05, 0.1) is 17.8 Å². The molecule has 35 heavy (non-hydrogen) atoms. The number of carbonyl (C=O) groups is 1. The Labute approximate surface area is 202 Å². The number of pyridine rings is 2. The maximum Gasteiger partial charge on any atom is 0.253 e. The summed E-state index contributed by atoms with van der Waals surface area (Å²) < 4.78 is 1.81. The van der Waals surface area contributed by atoms with E-state index < -0.39 is 0 Å². The molecule has 174 valence electrons. The maximum absolute atomic E-state index is 12.9. The Balaban J connectivity index is 1.27. The summed E-state index contributed by atoms with van der Waals surface area (Å²) in [6, 6.07) is 21.7. The molecule has 0 unspecified atom stereocenters. The highest BCUT2D eigenvalue weighted by Gasteiger charge is 2.20. The third-order valence-corrected chi connectivity index (χ3v) is 6.61. The number of benzene rings is 2. The van der Waals surface area contributed by atoms with Crippen molar-refractivity contribution in [2.75, 3.05) is 33.2 Å². The number of para-hydroxylation sites is 1. The van der Waals surface area contributed by atoms with Gasteiger partial charge in [0.1, 0.15) is 5.52 Å². The van der Waals surface area contributed by atoms with Gasteiger partial charge in [0, 0.05) is 48.9 Å². The number of hydrogen-bond donors (Lipinski definition) is 0. The quantitative estimate of drug-likeness (QED) is 0.406. The van der Waals surface area contributed by atoms with Crippen LogP contribution in [0.1, 0.15) is 15.9 Å². The molecule has 4 heterocycles. The van der Waals surface area contributed by atoms with Crippen LogP contribution in [0.3, 0.4) is 0 Å². The first-order valence-electron chi connectivity index (χ1n) is 11.8. The van der Waals surface area contributed by atoms with Crippen LogP contribution in [-0.2, 0) is 6.54 Å². The Morgan fingerprint density at radius 1 is 0.914 bits per heavy atom. The largest absolute Gasteiger partial charge is 0.336 e. The van der Waals surface area contributed by atoms with Gasteiger partial charge in [-0.1, -0.05) is 41.6 Å². The molecule has 0 atom stereocenters. The highest BCUT2D eigenvalue weighted by atomic mass is 16.2. The van der Waals surface area contributed by atoms with E-state index in [9.17, 15) is 4.79 Å². The smallest absolute Gasteiger partial charge is 0.253 e. The summed E-state index contributed by atoms with van der Waals surface area (Å²) >= 11 is 0. The molecule has 0 N–H and O–H groups in total. The Kier molecular flexibility index (Phi) is 5.42. The highest BCUT2D eigenvalue weighted by molar-refractivity contribution is 5.94. The van der Waals surface area contributed by atoms with Crippen LogP contribution in [0.15, 0.2) is 72.9 Å². The number of rotatable bonds is 4. The zero-order valence-electron chi connectivity index (χ0n) is 19.5. The second-order valence-electron chi connectivity index (χ2n) is 8.95. The topological polar surface area (TPSA) is 80.0 Å². The van der Waals surface area contributed by atoms with Crippen molar-refractivity contribution in [1.82, 2.24) is 34.8 Å². The van der Waals surface area contributed by atoms with Crippen LogP contribution in [0.4, 0.5) is 0 Å². The molecule has 1 aliphatic rings. The summed E-state index contributed by atoms with van der Waals surface area (Å²) in [4.78, 5) is 26.5. The average molecular weight is 464 g/mol. The molecule has 1 amide bonds. The predicted molar refractivity (Wildman–Crippen MR) is 135 cm³/mol. The first-order valence-corrected chi connectivity index (χ1v) is 11.8. The molecular weight excluding hydrogens is 438 g/mol. The molecule has 0 saturated carbocycles. The van der Waals surface area contributed by atoms with Crippen molar-refractivity contribution in [1.29, 1.82) is 0 Å². The molecule has 1 aliphatic heterocycles. The van der Waals surface area contributed by atoms with Gasteiger partial charge in [0.2, 0.25) is 0 Å². The number of fused-ring (bicyclic) bond motifs is 2. The zero-order chi connectivity index (χ0) is 23.8. The van der Waals surface area contributed by atoms with E-state index in [4.69, 9.17) is 4.98 Å². The lowest BCUT2D eigenvalue weighted by atomic mass is 10.1. The first-order chi connectivity index (χ1) is 17.2. The van der Waals surface area contributed by atoms with Gasteiger partial charge >= 0.3 is 0 Å². The van der Waals surface area contributed by atoms with Crippen LogP contribution < -0.4 is 0 Å². The molecule has 6 rings (SSSR count). The predicted octanol–water partition coefficient (Wildman–Crippen LogP) is 3.48. The molecule has 0 aliphatic carbocycles. The molecule has 1 fully saturated rings. The van der Waals surface area contributed by atoms with Crippen molar-refractivity contribution in [3.8, 4) is 11.3 Å². The van der Waals surface area contributed by atoms with Gasteiger partial charge in [-0.15, -0.1) is 5.10 Å². The van der Waals surface area contributed by atoms with E-state index in [0.717, 1.165) is 59.4 Å². The molecular formula is C27H25N7O. The molecule has 0 spiro atoms. The Bertz CT molecular complexity index is 1510.